The van der Waals surface area contributed by atoms with Crippen molar-refractivity contribution in [1.82, 2.24) is 14.8 Å². The Hall–Kier alpha value is -3.19. The van der Waals surface area contributed by atoms with Crippen LogP contribution in [0.3, 0.4) is 0 Å². The van der Waals surface area contributed by atoms with E-state index >= 15 is 0 Å². The second-order valence-electron chi connectivity index (χ2n) is 6.80. The van der Waals surface area contributed by atoms with E-state index in [2.05, 4.69) is 0 Å². The summed E-state index contributed by atoms with van der Waals surface area (Å²) in [5.41, 5.74) is 7.71. The quantitative estimate of drug-likeness (QED) is 0.712. The molecule has 7 nitrogen and oxygen atoms in total. The first-order chi connectivity index (χ1) is 13.6. The molecule has 1 fully saturated rings. The molecule has 0 saturated carbocycles. The van der Waals surface area contributed by atoms with Gasteiger partial charge in [0.25, 0.3) is 0 Å². The number of amides is 1. The van der Waals surface area contributed by atoms with Gasteiger partial charge in [0.2, 0.25) is 5.91 Å². The van der Waals surface area contributed by atoms with Gasteiger partial charge in [0, 0.05) is 23.7 Å². The molecule has 0 bridgehead atoms. The van der Waals surface area contributed by atoms with Gasteiger partial charge in [-0.1, -0.05) is 24.3 Å². The Kier molecular flexibility index (Phi) is 5.08. The van der Waals surface area contributed by atoms with Gasteiger partial charge in [0.05, 0.1) is 20.3 Å². The molecule has 1 amide bonds. The van der Waals surface area contributed by atoms with E-state index in [4.69, 9.17) is 25.3 Å². The second-order valence-corrected chi connectivity index (χ2v) is 6.80. The predicted molar refractivity (Wildman–Crippen MR) is 104 cm³/mol. The van der Waals surface area contributed by atoms with Crippen molar-refractivity contribution in [2.75, 3.05) is 20.3 Å². The van der Waals surface area contributed by atoms with Crippen LogP contribution in [0.5, 0.6) is 5.75 Å². The molecule has 1 atom stereocenters. The van der Waals surface area contributed by atoms with E-state index < -0.39 is 5.91 Å². The lowest BCUT2D eigenvalue weighted by atomic mass is 10.1. The lowest BCUT2D eigenvalue weighted by Crippen LogP contribution is -2.11. The molecule has 1 aliphatic rings. The van der Waals surface area contributed by atoms with Crippen LogP contribution < -0.4 is 10.5 Å². The van der Waals surface area contributed by atoms with Gasteiger partial charge in [0.15, 0.2) is 5.82 Å². The maximum Gasteiger partial charge on any atom is 0.248 e. The SMILES string of the molecule is COc1cccc(Cn2nc(-c3ccc(C(N)=O)cc3)nc2[C@H]2CCOC2)c1. The average molecular weight is 378 g/mol. The minimum absolute atomic E-state index is 0.219. The standard InChI is InChI=1S/C21H22N4O3/c1-27-18-4-2-3-14(11-18)12-25-21(17-9-10-28-13-17)23-20(24-25)16-7-5-15(6-8-16)19(22)26/h2-8,11,17H,9-10,12-13H2,1H3,(H2,22,26)/t17-/m0/s1. The summed E-state index contributed by atoms with van der Waals surface area (Å²) in [4.78, 5) is 16.1. The highest BCUT2D eigenvalue weighted by Gasteiger charge is 2.25. The van der Waals surface area contributed by atoms with E-state index in [0.29, 0.717) is 24.5 Å². The van der Waals surface area contributed by atoms with Gasteiger partial charge in [-0.15, -0.1) is 0 Å². The zero-order valence-electron chi connectivity index (χ0n) is 15.7. The van der Waals surface area contributed by atoms with Crippen LogP contribution in [-0.4, -0.2) is 41.0 Å². The molecule has 2 heterocycles. The van der Waals surface area contributed by atoms with Gasteiger partial charge in [-0.2, -0.15) is 5.10 Å². The molecule has 144 valence electrons. The van der Waals surface area contributed by atoms with E-state index in [9.17, 15) is 4.79 Å². The van der Waals surface area contributed by atoms with E-state index in [1.807, 2.05) is 41.1 Å². The predicted octanol–water partition coefficient (Wildman–Crippen LogP) is 2.60. The van der Waals surface area contributed by atoms with Crippen LogP contribution in [0, 0.1) is 0 Å². The van der Waals surface area contributed by atoms with Crippen LogP contribution in [0.25, 0.3) is 11.4 Å². The van der Waals surface area contributed by atoms with Gasteiger partial charge >= 0.3 is 0 Å². The van der Waals surface area contributed by atoms with Crippen LogP contribution in [0.1, 0.15) is 34.1 Å². The third-order valence-electron chi connectivity index (χ3n) is 4.89. The summed E-state index contributed by atoms with van der Waals surface area (Å²) in [6.07, 6.45) is 0.927. The van der Waals surface area contributed by atoms with E-state index in [1.165, 1.54) is 0 Å². The zero-order chi connectivity index (χ0) is 19.5. The topological polar surface area (TPSA) is 92.3 Å². The van der Waals surface area contributed by atoms with Gasteiger partial charge in [-0.25, -0.2) is 9.67 Å². The highest BCUT2D eigenvalue weighted by molar-refractivity contribution is 5.93. The van der Waals surface area contributed by atoms with Gasteiger partial charge in [0.1, 0.15) is 11.6 Å². The first-order valence-corrected chi connectivity index (χ1v) is 9.19. The minimum Gasteiger partial charge on any atom is -0.497 e. The first-order valence-electron chi connectivity index (χ1n) is 9.19. The summed E-state index contributed by atoms with van der Waals surface area (Å²) in [6, 6.07) is 15.0. The van der Waals surface area contributed by atoms with Gasteiger partial charge in [-0.3, -0.25) is 4.79 Å². The highest BCUT2D eigenvalue weighted by atomic mass is 16.5. The van der Waals surface area contributed by atoms with Crippen molar-refractivity contribution < 1.29 is 14.3 Å². The molecule has 0 radical (unpaired) electrons. The molecule has 0 unspecified atom stereocenters. The van der Waals surface area contributed by atoms with Crippen molar-refractivity contribution in [1.29, 1.82) is 0 Å². The van der Waals surface area contributed by atoms with Crippen molar-refractivity contribution in [2.24, 2.45) is 5.73 Å². The lowest BCUT2D eigenvalue weighted by Gasteiger charge is -2.10. The number of hydrogen-bond acceptors (Lipinski definition) is 5. The monoisotopic (exact) mass is 378 g/mol. The molecule has 3 aromatic rings. The second kappa shape index (κ2) is 7.82. The number of primary amides is 1. The fourth-order valence-electron chi connectivity index (χ4n) is 3.36. The Morgan fingerprint density at radius 3 is 2.79 bits per heavy atom. The molecule has 1 aliphatic heterocycles. The normalized spacial score (nSPS) is 16.2. The van der Waals surface area contributed by atoms with Gasteiger partial charge in [-0.05, 0) is 36.2 Å². The van der Waals surface area contributed by atoms with Crippen molar-refractivity contribution in [3.63, 3.8) is 0 Å². The van der Waals surface area contributed by atoms with Crippen LogP contribution >= 0.6 is 0 Å². The number of nitrogens with two attached hydrogens (primary N) is 1. The van der Waals surface area contributed by atoms with Crippen LogP contribution in [-0.2, 0) is 11.3 Å². The highest BCUT2D eigenvalue weighted by Crippen LogP contribution is 2.27. The first kappa shape index (κ1) is 18.2. The van der Waals surface area contributed by atoms with E-state index in [1.54, 1.807) is 19.2 Å². The summed E-state index contributed by atoms with van der Waals surface area (Å²) < 4.78 is 12.8. The maximum atomic E-state index is 11.3. The summed E-state index contributed by atoms with van der Waals surface area (Å²) in [5, 5.41) is 4.74. The molecule has 7 heteroatoms. The van der Waals surface area contributed by atoms with Crippen LogP contribution in [0.2, 0.25) is 0 Å². The summed E-state index contributed by atoms with van der Waals surface area (Å²) in [5.74, 6) is 2.12. The number of methoxy groups -OCH3 is 1. The van der Waals surface area contributed by atoms with Crippen LogP contribution in [0.4, 0.5) is 0 Å². The maximum absolute atomic E-state index is 11.3. The Morgan fingerprint density at radius 2 is 2.11 bits per heavy atom. The third-order valence-corrected chi connectivity index (χ3v) is 4.89. The molecule has 0 aliphatic carbocycles. The molecule has 4 rings (SSSR count). The molecule has 0 spiro atoms. The molecule has 28 heavy (non-hydrogen) atoms. The molecule has 1 saturated heterocycles. The number of carbonyl (C=O) groups is 1. The average Bonchev–Trinajstić information content (AvgIpc) is 3.38. The van der Waals surface area contributed by atoms with Gasteiger partial charge < -0.3 is 15.2 Å². The number of carbonyl (C=O) groups excluding carboxylic acids is 1. The summed E-state index contributed by atoms with van der Waals surface area (Å²) >= 11 is 0. The third kappa shape index (κ3) is 3.75. The minimum atomic E-state index is -0.452. The summed E-state index contributed by atoms with van der Waals surface area (Å²) in [6.45, 7) is 1.98. The van der Waals surface area contributed by atoms with Crippen molar-refractivity contribution in [2.45, 2.75) is 18.9 Å². The number of nitrogens with zero attached hydrogens (tertiary/aromatic N) is 3. The van der Waals surface area contributed by atoms with Crippen molar-refractivity contribution in [3.05, 3.63) is 65.5 Å². The Labute approximate surface area is 163 Å². The molecule has 2 N–H and O–H groups in total. The van der Waals surface area contributed by atoms with E-state index in [-0.39, 0.29) is 5.92 Å². The Morgan fingerprint density at radius 1 is 1.29 bits per heavy atom. The van der Waals surface area contributed by atoms with Crippen molar-refractivity contribution >= 4 is 5.91 Å². The molecule has 1 aromatic heterocycles. The summed E-state index contributed by atoms with van der Waals surface area (Å²) in [7, 11) is 1.66. The largest absolute Gasteiger partial charge is 0.497 e. The van der Waals surface area contributed by atoms with Crippen molar-refractivity contribution in [3.8, 4) is 17.1 Å². The smallest absolute Gasteiger partial charge is 0.248 e. The Balaban J connectivity index is 1.68. The zero-order valence-corrected chi connectivity index (χ0v) is 15.7. The Bertz CT molecular complexity index is 976. The molecular weight excluding hydrogens is 356 g/mol. The number of aromatic nitrogens is 3. The molecular formula is C21H22N4O3. The lowest BCUT2D eigenvalue weighted by molar-refractivity contribution is 0.100. The van der Waals surface area contributed by atoms with Crippen LogP contribution in [0.15, 0.2) is 48.5 Å². The number of ether oxygens (including phenoxy) is 2. The number of hydrogen-bond donors (Lipinski definition) is 1. The number of rotatable bonds is 6. The number of benzene rings is 2. The fourth-order valence-corrected chi connectivity index (χ4v) is 3.36. The molecule has 2 aromatic carbocycles. The fraction of sp³-hybridized carbons (Fsp3) is 0.286. The van der Waals surface area contributed by atoms with E-state index in [0.717, 1.165) is 35.7 Å².